The molecule has 82 valence electrons. The minimum absolute atomic E-state index is 0.412. The molecule has 1 aliphatic carbocycles. The third-order valence-electron chi connectivity index (χ3n) is 3.05. The number of nitrogens with one attached hydrogen (secondary N) is 1. The molecule has 1 aliphatic rings. The topological polar surface area (TPSA) is 37.8 Å². The predicted octanol–water partition coefficient (Wildman–Crippen LogP) is 2.20. The molecule has 0 aromatic carbocycles. The van der Waals surface area contributed by atoms with E-state index in [4.69, 9.17) is 4.98 Å². The largest absolute Gasteiger partial charge is 0.312 e. The van der Waals surface area contributed by atoms with Crippen LogP contribution in [0.25, 0.3) is 0 Å². The Morgan fingerprint density at radius 3 is 2.93 bits per heavy atom. The lowest BCUT2D eigenvalue weighted by atomic mass is 9.93. The monoisotopic (exact) mass is 205 g/mol. The smallest absolute Gasteiger partial charge is 0.131 e. The van der Waals surface area contributed by atoms with Crippen molar-refractivity contribution < 1.29 is 0 Å². The summed E-state index contributed by atoms with van der Waals surface area (Å²) >= 11 is 0. The van der Waals surface area contributed by atoms with E-state index in [-0.39, 0.29) is 0 Å². The van der Waals surface area contributed by atoms with Gasteiger partial charge in [0.2, 0.25) is 0 Å². The SMILES string of the molecule is CNC1CCCc2cnc(C(C)C)nc21. The first-order valence-corrected chi connectivity index (χ1v) is 5.75. The summed E-state index contributed by atoms with van der Waals surface area (Å²) in [6, 6.07) is 0.425. The molecule has 3 heteroatoms. The molecule has 0 bridgehead atoms. The van der Waals surface area contributed by atoms with E-state index in [0.717, 1.165) is 12.2 Å². The van der Waals surface area contributed by atoms with Crippen molar-refractivity contribution in [2.75, 3.05) is 7.05 Å². The minimum Gasteiger partial charge on any atom is -0.312 e. The molecule has 0 saturated carbocycles. The van der Waals surface area contributed by atoms with Gasteiger partial charge in [-0.1, -0.05) is 13.8 Å². The lowest BCUT2D eigenvalue weighted by Crippen LogP contribution is -2.24. The van der Waals surface area contributed by atoms with Gasteiger partial charge in [0, 0.05) is 18.2 Å². The molecule has 0 saturated heterocycles. The highest BCUT2D eigenvalue weighted by Crippen LogP contribution is 2.28. The zero-order chi connectivity index (χ0) is 10.8. The standard InChI is InChI=1S/C12H19N3/c1-8(2)12-14-7-9-5-4-6-10(13-3)11(9)15-12/h7-8,10,13H,4-6H2,1-3H3. The summed E-state index contributed by atoms with van der Waals surface area (Å²) < 4.78 is 0. The Morgan fingerprint density at radius 1 is 1.47 bits per heavy atom. The molecule has 15 heavy (non-hydrogen) atoms. The van der Waals surface area contributed by atoms with E-state index in [1.54, 1.807) is 0 Å². The van der Waals surface area contributed by atoms with Crippen LogP contribution in [0.15, 0.2) is 6.20 Å². The zero-order valence-corrected chi connectivity index (χ0v) is 9.75. The van der Waals surface area contributed by atoms with E-state index in [1.165, 1.54) is 24.1 Å². The van der Waals surface area contributed by atoms with Crippen LogP contribution >= 0.6 is 0 Å². The van der Waals surface area contributed by atoms with Crippen LogP contribution in [0.4, 0.5) is 0 Å². The van der Waals surface area contributed by atoms with Crippen LogP contribution in [-0.2, 0) is 6.42 Å². The van der Waals surface area contributed by atoms with Crippen molar-refractivity contribution >= 4 is 0 Å². The maximum atomic E-state index is 4.69. The quantitative estimate of drug-likeness (QED) is 0.804. The van der Waals surface area contributed by atoms with E-state index >= 15 is 0 Å². The molecule has 3 nitrogen and oxygen atoms in total. The van der Waals surface area contributed by atoms with E-state index < -0.39 is 0 Å². The highest BCUT2D eigenvalue weighted by Gasteiger charge is 2.21. The maximum absolute atomic E-state index is 4.69. The Balaban J connectivity index is 2.39. The number of hydrogen-bond donors (Lipinski definition) is 1. The molecule has 0 fully saturated rings. The first-order valence-electron chi connectivity index (χ1n) is 5.75. The van der Waals surface area contributed by atoms with Crippen LogP contribution in [0.1, 0.15) is 55.7 Å². The molecule has 1 aromatic rings. The van der Waals surface area contributed by atoms with Gasteiger partial charge in [-0.2, -0.15) is 0 Å². The van der Waals surface area contributed by atoms with Crippen molar-refractivity contribution in [3.63, 3.8) is 0 Å². The van der Waals surface area contributed by atoms with Gasteiger partial charge < -0.3 is 5.32 Å². The van der Waals surface area contributed by atoms with Gasteiger partial charge >= 0.3 is 0 Å². The summed E-state index contributed by atoms with van der Waals surface area (Å²) in [5.74, 6) is 1.38. The molecular formula is C12H19N3. The van der Waals surface area contributed by atoms with Gasteiger partial charge in [-0.05, 0) is 31.9 Å². The van der Waals surface area contributed by atoms with Gasteiger partial charge in [0.25, 0.3) is 0 Å². The van der Waals surface area contributed by atoms with Gasteiger partial charge in [-0.25, -0.2) is 9.97 Å². The van der Waals surface area contributed by atoms with Gasteiger partial charge in [-0.3, -0.25) is 0 Å². The summed E-state index contributed by atoms with van der Waals surface area (Å²) in [4.78, 5) is 9.11. The first-order chi connectivity index (χ1) is 7.22. The normalized spacial score (nSPS) is 20.4. The number of hydrogen-bond acceptors (Lipinski definition) is 3. The van der Waals surface area contributed by atoms with Crippen LogP contribution in [0, 0.1) is 0 Å². The molecule has 1 N–H and O–H groups in total. The third-order valence-corrected chi connectivity index (χ3v) is 3.05. The van der Waals surface area contributed by atoms with E-state index in [1.807, 2.05) is 13.2 Å². The summed E-state index contributed by atoms with van der Waals surface area (Å²) in [5, 5.41) is 3.34. The van der Waals surface area contributed by atoms with Crippen LogP contribution in [0.5, 0.6) is 0 Å². The number of fused-ring (bicyclic) bond motifs is 1. The van der Waals surface area contributed by atoms with Gasteiger partial charge in [-0.15, -0.1) is 0 Å². The van der Waals surface area contributed by atoms with Crippen LogP contribution < -0.4 is 5.32 Å². The highest BCUT2D eigenvalue weighted by molar-refractivity contribution is 5.24. The molecule has 1 unspecified atom stereocenters. The lowest BCUT2D eigenvalue weighted by molar-refractivity contribution is 0.477. The maximum Gasteiger partial charge on any atom is 0.131 e. The highest BCUT2D eigenvalue weighted by atomic mass is 15.0. The molecule has 0 radical (unpaired) electrons. The Morgan fingerprint density at radius 2 is 2.27 bits per heavy atom. The van der Waals surface area contributed by atoms with Crippen molar-refractivity contribution in [3.05, 3.63) is 23.3 Å². The van der Waals surface area contributed by atoms with Crippen molar-refractivity contribution in [3.8, 4) is 0 Å². The lowest BCUT2D eigenvalue weighted by Gasteiger charge is -2.24. The Hall–Kier alpha value is -0.960. The van der Waals surface area contributed by atoms with Crippen LogP contribution in [-0.4, -0.2) is 17.0 Å². The molecule has 1 atom stereocenters. The van der Waals surface area contributed by atoms with Crippen LogP contribution in [0.2, 0.25) is 0 Å². The number of aryl methyl sites for hydroxylation is 1. The van der Waals surface area contributed by atoms with Crippen molar-refractivity contribution in [2.45, 2.75) is 45.1 Å². The van der Waals surface area contributed by atoms with E-state index in [0.29, 0.717) is 12.0 Å². The minimum atomic E-state index is 0.412. The first kappa shape index (κ1) is 10.6. The molecule has 2 rings (SSSR count). The Labute approximate surface area is 91.3 Å². The molecule has 0 amide bonds. The van der Waals surface area contributed by atoms with Crippen molar-refractivity contribution in [2.24, 2.45) is 0 Å². The average Bonchev–Trinajstić information content (AvgIpc) is 2.27. The number of rotatable bonds is 2. The third kappa shape index (κ3) is 2.02. The van der Waals surface area contributed by atoms with Crippen molar-refractivity contribution in [1.82, 2.24) is 15.3 Å². The van der Waals surface area contributed by atoms with Gasteiger partial charge in [0.05, 0.1) is 5.69 Å². The number of nitrogens with zero attached hydrogens (tertiary/aromatic N) is 2. The zero-order valence-electron chi connectivity index (χ0n) is 9.75. The van der Waals surface area contributed by atoms with Crippen LogP contribution in [0.3, 0.4) is 0 Å². The Kier molecular flexibility index (Phi) is 3.00. The molecule has 1 aromatic heterocycles. The predicted molar refractivity (Wildman–Crippen MR) is 60.9 cm³/mol. The van der Waals surface area contributed by atoms with E-state index in [9.17, 15) is 0 Å². The molecule has 0 spiro atoms. The summed E-state index contributed by atoms with van der Waals surface area (Å²) in [5.41, 5.74) is 2.55. The fourth-order valence-corrected chi connectivity index (χ4v) is 2.12. The second kappa shape index (κ2) is 4.27. The second-order valence-corrected chi connectivity index (χ2v) is 4.53. The van der Waals surface area contributed by atoms with Gasteiger partial charge in [0.15, 0.2) is 0 Å². The average molecular weight is 205 g/mol. The fraction of sp³-hybridized carbons (Fsp3) is 0.667. The summed E-state index contributed by atoms with van der Waals surface area (Å²) in [7, 11) is 2.01. The fourth-order valence-electron chi connectivity index (χ4n) is 2.12. The molecular weight excluding hydrogens is 186 g/mol. The molecule has 1 heterocycles. The summed E-state index contributed by atoms with van der Waals surface area (Å²) in [6.07, 6.45) is 5.58. The molecule has 0 aliphatic heterocycles. The van der Waals surface area contributed by atoms with Crippen molar-refractivity contribution in [1.29, 1.82) is 0 Å². The Bertz CT molecular complexity index is 347. The number of aromatic nitrogens is 2. The summed E-state index contributed by atoms with van der Waals surface area (Å²) in [6.45, 7) is 4.28. The second-order valence-electron chi connectivity index (χ2n) is 4.53. The van der Waals surface area contributed by atoms with Gasteiger partial charge in [0.1, 0.15) is 5.82 Å². The van der Waals surface area contributed by atoms with E-state index in [2.05, 4.69) is 24.1 Å².